The van der Waals surface area contributed by atoms with Crippen molar-refractivity contribution >= 4 is 45.0 Å². The number of hydrogen-bond acceptors (Lipinski definition) is 6. The summed E-state index contributed by atoms with van der Waals surface area (Å²) in [4.78, 5) is 29.9. The van der Waals surface area contributed by atoms with Crippen LogP contribution in [0.4, 0.5) is 5.82 Å². The van der Waals surface area contributed by atoms with Gasteiger partial charge in [0.05, 0.1) is 23.4 Å². The highest BCUT2D eigenvalue weighted by atomic mass is 32.2. The highest BCUT2D eigenvalue weighted by molar-refractivity contribution is 7.99. The molecule has 0 aromatic carbocycles. The van der Waals surface area contributed by atoms with Gasteiger partial charge in [0.25, 0.3) is 5.56 Å². The van der Waals surface area contributed by atoms with E-state index in [1.54, 1.807) is 19.3 Å². The van der Waals surface area contributed by atoms with E-state index in [2.05, 4.69) is 15.4 Å². The minimum absolute atomic E-state index is 0.0848. The Morgan fingerprint density at radius 3 is 3.00 bits per heavy atom. The van der Waals surface area contributed by atoms with Crippen LogP contribution in [0.3, 0.4) is 0 Å². The molecule has 0 aliphatic heterocycles. The van der Waals surface area contributed by atoms with Crippen LogP contribution in [0, 0.1) is 0 Å². The SMILES string of the molecule is Cn1c(SCC(=O)Nc2ccnn2C2CCCC2)nc2sccc2c1=O. The number of hydrogen-bond donors (Lipinski definition) is 1. The molecule has 0 radical (unpaired) electrons. The summed E-state index contributed by atoms with van der Waals surface area (Å²) >= 11 is 2.69. The van der Waals surface area contributed by atoms with Crippen molar-refractivity contribution in [2.45, 2.75) is 36.9 Å². The zero-order valence-corrected chi connectivity index (χ0v) is 16.0. The molecule has 0 atom stereocenters. The molecular formula is C17H19N5O2S2. The lowest BCUT2D eigenvalue weighted by Gasteiger charge is -2.14. The van der Waals surface area contributed by atoms with E-state index in [4.69, 9.17) is 0 Å². The van der Waals surface area contributed by atoms with Gasteiger partial charge >= 0.3 is 0 Å². The lowest BCUT2D eigenvalue weighted by molar-refractivity contribution is -0.113. The Balaban J connectivity index is 1.44. The third-order valence-corrected chi connectivity index (χ3v) is 6.44. The van der Waals surface area contributed by atoms with E-state index in [1.807, 2.05) is 16.1 Å². The fraction of sp³-hybridized carbons (Fsp3) is 0.412. The standard InChI is InChI=1S/C17H19N5O2S2/c1-21-16(24)12-7-9-25-15(12)20-17(21)26-10-14(23)19-13-6-8-18-22(13)11-4-2-3-5-11/h6-9,11H,2-5,10H2,1H3,(H,19,23). The largest absolute Gasteiger partial charge is 0.310 e. The maximum Gasteiger partial charge on any atom is 0.262 e. The van der Waals surface area contributed by atoms with Gasteiger partial charge in [0.2, 0.25) is 5.91 Å². The summed E-state index contributed by atoms with van der Waals surface area (Å²) in [6.07, 6.45) is 6.34. The lowest BCUT2D eigenvalue weighted by Crippen LogP contribution is -2.22. The third-order valence-electron chi connectivity index (χ3n) is 4.60. The van der Waals surface area contributed by atoms with Crippen molar-refractivity contribution in [1.82, 2.24) is 19.3 Å². The van der Waals surface area contributed by atoms with Crippen LogP contribution < -0.4 is 10.9 Å². The predicted octanol–water partition coefficient (Wildman–Crippen LogP) is 3.04. The minimum atomic E-state index is -0.129. The number of thioether (sulfide) groups is 1. The minimum Gasteiger partial charge on any atom is -0.310 e. The van der Waals surface area contributed by atoms with Gasteiger partial charge in [0.1, 0.15) is 10.6 Å². The highest BCUT2D eigenvalue weighted by Gasteiger charge is 2.20. The molecule has 0 bridgehead atoms. The Labute approximate surface area is 158 Å². The molecule has 1 fully saturated rings. The Kier molecular flexibility index (Phi) is 4.82. The average Bonchev–Trinajstić information content (AvgIpc) is 3.36. The number of thiophene rings is 1. The first kappa shape index (κ1) is 17.3. The first-order valence-electron chi connectivity index (χ1n) is 8.54. The number of aromatic nitrogens is 4. The molecule has 26 heavy (non-hydrogen) atoms. The van der Waals surface area contributed by atoms with Crippen LogP contribution in [-0.4, -0.2) is 31.0 Å². The second kappa shape index (κ2) is 7.24. The van der Waals surface area contributed by atoms with Gasteiger partial charge in [-0.2, -0.15) is 5.10 Å². The average molecular weight is 390 g/mol. The smallest absolute Gasteiger partial charge is 0.262 e. The van der Waals surface area contributed by atoms with Crippen molar-refractivity contribution in [2.24, 2.45) is 7.05 Å². The van der Waals surface area contributed by atoms with Crippen molar-refractivity contribution in [1.29, 1.82) is 0 Å². The molecule has 0 spiro atoms. The number of rotatable bonds is 5. The Morgan fingerprint density at radius 1 is 1.38 bits per heavy atom. The fourth-order valence-electron chi connectivity index (χ4n) is 3.27. The molecule has 1 amide bonds. The van der Waals surface area contributed by atoms with Crippen LogP contribution in [0.25, 0.3) is 10.2 Å². The summed E-state index contributed by atoms with van der Waals surface area (Å²) in [6, 6.07) is 3.98. The normalized spacial score (nSPS) is 15.0. The van der Waals surface area contributed by atoms with Crippen LogP contribution in [0.15, 0.2) is 33.7 Å². The summed E-state index contributed by atoms with van der Waals surface area (Å²) in [7, 11) is 1.68. The van der Waals surface area contributed by atoms with Gasteiger partial charge in [0.15, 0.2) is 5.16 Å². The Morgan fingerprint density at radius 2 is 2.19 bits per heavy atom. The topological polar surface area (TPSA) is 81.8 Å². The quantitative estimate of drug-likeness (QED) is 0.536. The van der Waals surface area contributed by atoms with Gasteiger partial charge in [-0.25, -0.2) is 9.67 Å². The number of anilines is 1. The zero-order valence-electron chi connectivity index (χ0n) is 14.3. The van der Waals surface area contributed by atoms with Crippen molar-refractivity contribution in [3.05, 3.63) is 34.1 Å². The van der Waals surface area contributed by atoms with E-state index in [9.17, 15) is 9.59 Å². The summed E-state index contributed by atoms with van der Waals surface area (Å²) < 4.78 is 3.41. The van der Waals surface area contributed by atoms with Gasteiger partial charge in [-0.1, -0.05) is 24.6 Å². The van der Waals surface area contributed by atoms with Crippen molar-refractivity contribution in [2.75, 3.05) is 11.1 Å². The van der Waals surface area contributed by atoms with E-state index in [0.717, 1.165) is 18.7 Å². The molecule has 136 valence electrons. The van der Waals surface area contributed by atoms with Crippen LogP contribution in [0.2, 0.25) is 0 Å². The van der Waals surface area contributed by atoms with E-state index in [1.165, 1.54) is 40.5 Å². The molecule has 4 rings (SSSR count). The molecule has 0 unspecified atom stereocenters. The van der Waals surface area contributed by atoms with Crippen LogP contribution in [0.5, 0.6) is 0 Å². The molecule has 3 aromatic rings. The number of carbonyl (C=O) groups is 1. The molecule has 1 saturated carbocycles. The molecule has 7 nitrogen and oxygen atoms in total. The lowest BCUT2D eigenvalue weighted by atomic mass is 10.2. The van der Waals surface area contributed by atoms with E-state index >= 15 is 0 Å². The van der Waals surface area contributed by atoms with Crippen molar-refractivity contribution in [3.63, 3.8) is 0 Å². The Bertz CT molecular complexity index is 1000. The molecule has 3 aromatic heterocycles. The summed E-state index contributed by atoms with van der Waals surface area (Å²) in [6.45, 7) is 0. The number of amides is 1. The monoisotopic (exact) mass is 389 g/mol. The van der Waals surface area contributed by atoms with E-state index in [-0.39, 0.29) is 17.2 Å². The molecule has 1 aliphatic carbocycles. The summed E-state index contributed by atoms with van der Waals surface area (Å²) in [5.74, 6) is 0.792. The van der Waals surface area contributed by atoms with Crippen LogP contribution >= 0.6 is 23.1 Å². The molecule has 9 heteroatoms. The second-order valence-corrected chi connectivity index (χ2v) is 8.17. The fourth-order valence-corrected chi connectivity index (χ4v) is 4.85. The molecule has 1 aliphatic rings. The van der Waals surface area contributed by atoms with E-state index in [0.29, 0.717) is 21.4 Å². The van der Waals surface area contributed by atoms with Crippen LogP contribution in [-0.2, 0) is 11.8 Å². The first-order valence-corrected chi connectivity index (χ1v) is 10.4. The predicted molar refractivity (Wildman–Crippen MR) is 104 cm³/mol. The van der Waals surface area contributed by atoms with E-state index < -0.39 is 0 Å². The molecule has 1 N–H and O–H groups in total. The second-order valence-electron chi connectivity index (χ2n) is 6.33. The van der Waals surface area contributed by atoms with Crippen molar-refractivity contribution < 1.29 is 4.79 Å². The van der Waals surface area contributed by atoms with Gasteiger partial charge in [-0.05, 0) is 24.3 Å². The highest BCUT2D eigenvalue weighted by Crippen LogP contribution is 2.31. The molecular weight excluding hydrogens is 370 g/mol. The number of nitrogens with one attached hydrogen (secondary N) is 1. The molecule has 0 saturated heterocycles. The van der Waals surface area contributed by atoms with Gasteiger partial charge in [-0.3, -0.25) is 14.2 Å². The maximum absolute atomic E-state index is 12.4. The number of nitrogens with zero attached hydrogens (tertiary/aromatic N) is 4. The summed E-state index contributed by atoms with van der Waals surface area (Å²) in [5.41, 5.74) is -0.0848. The first-order chi connectivity index (χ1) is 12.6. The van der Waals surface area contributed by atoms with Gasteiger partial charge in [0, 0.05) is 13.1 Å². The van der Waals surface area contributed by atoms with Crippen molar-refractivity contribution in [3.8, 4) is 0 Å². The Hall–Kier alpha value is -2.13. The van der Waals surface area contributed by atoms with Crippen LogP contribution in [0.1, 0.15) is 31.7 Å². The summed E-state index contributed by atoms with van der Waals surface area (Å²) in [5, 5.41) is 10.3. The van der Waals surface area contributed by atoms with Gasteiger partial charge in [-0.15, -0.1) is 11.3 Å². The maximum atomic E-state index is 12.4. The molecule has 3 heterocycles. The van der Waals surface area contributed by atoms with Gasteiger partial charge < -0.3 is 5.32 Å². The third kappa shape index (κ3) is 3.28. The number of carbonyl (C=O) groups excluding carboxylic acids is 1. The zero-order chi connectivity index (χ0) is 18.1. The number of fused-ring (bicyclic) bond motifs is 1.